The summed E-state index contributed by atoms with van der Waals surface area (Å²) in [6.45, 7) is 1.75. The summed E-state index contributed by atoms with van der Waals surface area (Å²) >= 11 is 0. The fourth-order valence-corrected chi connectivity index (χ4v) is 2.60. The summed E-state index contributed by atoms with van der Waals surface area (Å²) in [6.07, 6.45) is 0. The lowest BCUT2D eigenvalue weighted by atomic mass is 10.1. The average Bonchev–Trinajstić information content (AvgIpc) is 3.01. The maximum atomic E-state index is 12.5. The number of benzene rings is 2. The van der Waals surface area contributed by atoms with E-state index in [1.807, 2.05) is 43.3 Å². The van der Waals surface area contributed by atoms with Gasteiger partial charge in [0.1, 0.15) is 12.4 Å². The molecule has 2 aromatic rings. The molecule has 0 fully saturated rings. The van der Waals surface area contributed by atoms with Crippen molar-refractivity contribution < 1.29 is 23.8 Å². The zero-order valence-corrected chi connectivity index (χ0v) is 14.6. The smallest absolute Gasteiger partial charge is 0.347 e. The van der Waals surface area contributed by atoms with E-state index in [0.717, 1.165) is 11.1 Å². The first-order valence-electron chi connectivity index (χ1n) is 8.11. The fourth-order valence-electron chi connectivity index (χ4n) is 2.60. The molecule has 0 spiro atoms. The van der Waals surface area contributed by atoms with Crippen molar-refractivity contribution in [3.05, 3.63) is 71.1 Å². The molecule has 0 radical (unpaired) electrons. The van der Waals surface area contributed by atoms with Crippen molar-refractivity contribution in [2.75, 3.05) is 19.0 Å². The number of ether oxygens (including phenoxy) is 3. The summed E-state index contributed by atoms with van der Waals surface area (Å²) in [5, 5.41) is 2.94. The van der Waals surface area contributed by atoms with Crippen LogP contribution in [0.1, 0.15) is 11.1 Å². The molecular formula is C20H19NO5. The average molecular weight is 353 g/mol. The van der Waals surface area contributed by atoms with Crippen molar-refractivity contribution >= 4 is 17.4 Å². The van der Waals surface area contributed by atoms with E-state index in [4.69, 9.17) is 14.2 Å². The van der Waals surface area contributed by atoms with Gasteiger partial charge in [-0.05, 0) is 31.2 Å². The maximum Gasteiger partial charge on any atom is 0.347 e. The molecule has 0 bridgehead atoms. The standard InChI is InChI=1S/C20H19NO5/c1-13-8-9-17(24-2)14(10-13)11-26-20(23)18-16(22)12-25-19(18)21-15-6-4-3-5-7-15/h3-10,21H,11-12H2,1-2H3. The number of hydrogen-bond donors (Lipinski definition) is 1. The van der Waals surface area contributed by atoms with Gasteiger partial charge in [0.05, 0.1) is 7.11 Å². The zero-order chi connectivity index (χ0) is 18.5. The lowest BCUT2D eigenvalue weighted by molar-refractivity contribution is -0.141. The minimum Gasteiger partial charge on any atom is -0.496 e. The second-order valence-corrected chi connectivity index (χ2v) is 5.80. The van der Waals surface area contributed by atoms with Crippen LogP contribution in [0.15, 0.2) is 60.0 Å². The minimum atomic E-state index is -0.727. The Kier molecular flexibility index (Phi) is 5.22. The van der Waals surface area contributed by atoms with Crippen LogP contribution in [-0.4, -0.2) is 25.5 Å². The van der Waals surface area contributed by atoms with Crippen LogP contribution in [0.4, 0.5) is 5.69 Å². The van der Waals surface area contributed by atoms with Crippen LogP contribution in [0.3, 0.4) is 0 Å². The molecule has 6 heteroatoms. The molecule has 0 atom stereocenters. The van der Waals surface area contributed by atoms with Crippen molar-refractivity contribution in [3.8, 4) is 5.75 Å². The molecule has 26 heavy (non-hydrogen) atoms. The van der Waals surface area contributed by atoms with Gasteiger partial charge in [0.2, 0.25) is 11.7 Å². The number of Topliss-reactive ketones (excluding diaryl/α,β-unsaturated/α-hetero) is 1. The molecule has 0 saturated heterocycles. The number of esters is 1. The Morgan fingerprint density at radius 2 is 1.96 bits per heavy atom. The topological polar surface area (TPSA) is 73.9 Å². The summed E-state index contributed by atoms with van der Waals surface area (Å²) in [6, 6.07) is 14.7. The van der Waals surface area contributed by atoms with E-state index in [-0.39, 0.29) is 24.7 Å². The van der Waals surface area contributed by atoms with E-state index in [2.05, 4.69) is 5.32 Å². The van der Waals surface area contributed by atoms with Crippen LogP contribution in [-0.2, 0) is 25.7 Å². The minimum absolute atomic E-state index is 0.000909. The highest BCUT2D eigenvalue weighted by Crippen LogP contribution is 2.23. The van der Waals surface area contributed by atoms with Gasteiger partial charge in [-0.25, -0.2) is 4.79 Å². The van der Waals surface area contributed by atoms with Crippen molar-refractivity contribution in [3.63, 3.8) is 0 Å². The fraction of sp³-hybridized carbons (Fsp3) is 0.200. The first kappa shape index (κ1) is 17.5. The zero-order valence-electron chi connectivity index (χ0n) is 14.6. The number of para-hydroxylation sites is 1. The predicted molar refractivity (Wildman–Crippen MR) is 95.6 cm³/mol. The van der Waals surface area contributed by atoms with Crippen LogP contribution in [0.2, 0.25) is 0 Å². The molecule has 1 heterocycles. The van der Waals surface area contributed by atoms with Gasteiger partial charge in [0, 0.05) is 11.3 Å². The van der Waals surface area contributed by atoms with Crippen molar-refractivity contribution in [1.29, 1.82) is 0 Å². The van der Waals surface area contributed by atoms with Gasteiger partial charge in [-0.15, -0.1) is 0 Å². The van der Waals surface area contributed by atoms with Crippen molar-refractivity contribution in [2.24, 2.45) is 0 Å². The number of carbonyl (C=O) groups is 2. The summed E-state index contributed by atoms with van der Waals surface area (Å²) < 4.78 is 15.9. The summed E-state index contributed by atoms with van der Waals surface area (Å²) in [5.41, 5.74) is 2.34. The Bertz CT molecular complexity index is 858. The highest BCUT2D eigenvalue weighted by atomic mass is 16.5. The maximum absolute atomic E-state index is 12.5. The highest BCUT2D eigenvalue weighted by Gasteiger charge is 2.32. The Morgan fingerprint density at radius 3 is 2.69 bits per heavy atom. The van der Waals surface area contributed by atoms with Crippen LogP contribution < -0.4 is 10.1 Å². The third kappa shape index (κ3) is 3.85. The lowest BCUT2D eigenvalue weighted by Crippen LogP contribution is -2.16. The van der Waals surface area contributed by atoms with E-state index in [1.54, 1.807) is 19.2 Å². The number of aryl methyl sites for hydroxylation is 1. The van der Waals surface area contributed by atoms with Crippen molar-refractivity contribution in [2.45, 2.75) is 13.5 Å². The molecule has 1 aliphatic rings. The van der Waals surface area contributed by atoms with Gasteiger partial charge in [-0.3, -0.25) is 4.79 Å². The summed E-state index contributed by atoms with van der Waals surface area (Å²) in [4.78, 5) is 24.5. The van der Waals surface area contributed by atoms with Crippen LogP contribution in [0.25, 0.3) is 0 Å². The molecule has 134 valence electrons. The summed E-state index contributed by atoms with van der Waals surface area (Å²) in [5.74, 6) is -0.407. The van der Waals surface area contributed by atoms with Gasteiger partial charge in [-0.2, -0.15) is 0 Å². The molecule has 0 aromatic heterocycles. The van der Waals surface area contributed by atoms with Crippen molar-refractivity contribution in [1.82, 2.24) is 0 Å². The number of nitrogens with one attached hydrogen (secondary N) is 1. The molecule has 1 aliphatic heterocycles. The number of ketones is 1. The quantitative estimate of drug-likeness (QED) is 0.636. The SMILES string of the molecule is COc1ccc(C)cc1COC(=O)C1=C(Nc2ccccc2)OCC1=O. The second kappa shape index (κ2) is 7.74. The first-order chi connectivity index (χ1) is 12.6. The Labute approximate surface area is 151 Å². The van der Waals surface area contributed by atoms with Gasteiger partial charge in [-0.1, -0.05) is 29.8 Å². The normalized spacial score (nSPS) is 13.4. The van der Waals surface area contributed by atoms with Gasteiger partial charge < -0.3 is 19.5 Å². The summed E-state index contributed by atoms with van der Waals surface area (Å²) in [7, 11) is 1.55. The lowest BCUT2D eigenvalue weighted by Gasteiger charge is -2.11. The largest absolute Gasteiger partial charge is 0.496 e. The third-order valence-corrected chi connectivity index (χ3v) is 3.88. The van der Waals surface area contributed by atoms with E-state index in [1.165, 1.54) is 0 Å². The van der Waals surface area contributed by atoms with Gasteiger partial charge >= 0.3 is 5.97 Å². The molecule has 3 rings (SSSR count). The molecule has 0 unspecified atom stereocenters. The number of rotatable bonds is 6. The van der Waals surface area contributed by atoms with E-state index >= 15 is 0 Å². The number of hydrogen-bond acceptors (Lipinski definition) is 6. The van der Waals surface area contributed by atoms with Crippen LogP contribution >= 0.6 is 0 Å². The van der Waals surface area contributed by atoms with Gasteiger partial charge in [0.15, 0.2) is 12.2 Å². The highest BCUT2D eigenvalue weighted by molar-refractivity contribution is 6.19. The first-order valence-corrected chi connectivity index (χ1v) is 8.11. The molecule has 2 aromatic carbocycles. The van der Waals surface area contributed by atoms with E-state index in [9.17, 15) is 9.59 Å². The molecule has 1 N–H and O–H groups in total. The van der Waals surface area contributed by atoms with Crippen LogP contribution in [0.5, 0.6) is 5.75 Å². The van der Waals surface area contributed by atoms with Crippen LogP contribution in [0, 0.1) is 6.92 Å². The molecule has 0 aliphatic carbocycles. The third-order valence-electron chi connectivity index (χ3n) is 3.88. The van der Waals surface area contributed by atoms with E-state index in [0.29, 0.717) is 11.4 Å². The Morgan fingerprint density at radius 1 is 1.19 bits per heavy atom. The number of methoxy groups -OCH3 is 1. The second-order valence-electron chi connectivity index (χ2n) is 5.80. The Balaban J connectivity index is 1.76. The molecule has 6 nitrogen and oxygen atoms in total. The van der Waals surface area contributed by atoms with E-state index < -0.39 is 11.8 Å². The monoisotopic (exact) mass is 353 g/mol. The number of anilines is 1. The molecule has 0 amide bonds. The van der Waals surface area contributed by atoms with Gasteiger partial charge in [0.25, 0.3) is 0 Å². The molecular weight excluding hydrogens is 334 g/mol. The predicted octanol–water partition coefficient (Wildman–Crippen LogP) is 2.97. The molecule has 0 saturated carbocycles. The number of carbonyl (C=O) groups excluding carboxylic acids is 2. The Hall–Kier alpha value is -3.28.